The van der Waals surface area contributed by atoms with E-state index in [0.717, 1.165) is 63.5 Å². The van der Waals surface area contributed by atoms with E-state index in [2.05, 4.69) is 15.2 Å². The van der Waals surface area contributed by atoms with E-state index >= 15 is 0 Å². The van der Waals surface area contributed by atoms with Crippen molar-refractivity contribution >= 4 is 11.7 Å². The van der Waals surface area contributed by atoms with Gasteiger partial charge in [-0.1, -0.05) is 0 Å². The number of hydrogen-bond acceptors (Lipinski definition) is 4. The average Bonchev–Trinajstić information content (AvgIpc) is 3.10. The lowest BCUT2D eigenvalue weighted by Crippen LogP contribution is -2.44. The van der Waals surface area contributed by atoms with E-state index in [-0.39, 0.29) is 5.91 Å². The Bertz CT molecular complexity index is 581. The molecule has 0 unspecified atom stereocenters. The predicted molar refractivity (Wildman–Crippen MR) is 95.4 cm³/mol. The summed E-state index contributed by atoms with van der Waals surface area (Å²) in [5.41, 5.74) is 1.24. The summed E-state index contributed by atoms with van der Waals surface area (Å²) in [5.74, 6) is 1.06. The van der Waals surface area contributed by atoms with Crippen LogP contribution in [0.3, 0.4) is 0 Å². The van der Waals surface area contributed by atoms with Crippen molar-refractivity contribution in [1.29, 1.82) is 0 Å². The summed E-state index contributed by atoms with van der Waals surface area (Å²) in [6, 6.07) is 3.85. The van der Waals surface area contributed by atoms with Crippen LogP contribution in [0.25, 0.3) is 0 Å². The molecular weight excluding hydrogens is 300 g/mol. The molecule has 4 rings (SSSR count). The van der Waals surface area contributed by atoms with Crippen molar-refractivity contribution in [2.45, 2.75) is 38.5 Å². The van der Waals surface area contributed by atoms with E-state index in [9.17, 15) is 4.79 Å². The van der Waals surface area contributed by atoms with E-state index in [1.807, 2.05) is 23.2 Å². The van der Waals surface area contributed by atoms with Gasteiger partial charge in [0, 0.05) is 38.9 Å². The zero-order chi connectivity index (χ0) is 16.4. The number of carbonyl (C=O) groups is 1. The van der Waals surface area contributed by atoms with Crippen LogP contribution in [0, 0.1) is 5.41 Å². The van der Waals surface area contributed by atoms with Crippen molar-refractivity contribution in [3.05, 3.63) is 23.9 Å². The second-order valence-corrected chi connectivity index (χ2v) is 7.64. The van der Waals surface area contributed by atoms with E-state index < -0.39 is 0 Å². The zero-order valence-corrected chi connectivity index (χ0v) is 14.5. The third-order valence-electron chi connectivity index (χ3n) is 6.12. The lowest BCUT2D eigenvalue weighted by Gasteiger charge is -2.39. The number of likely N-dealkylation sites (tertiary alicyclic amines) is 1. The second-order valence-electron chi connectivity index (χ2n) is 7.64. The summed E-state index contributed by atoms with van der Waals surface area (Å²) >= 11 is 0. The number of nitrogens with one attached hydrogen (secondary N) is 1. The molecular formula is C19H28N4O. The molecule has 1 aromatic rings. The van der Waals surface area contributed by atoms with Crippen molar-refractivity contribution in [3.63, 3.8) is 0 Å². The Morgan fingerprint density at radius 3 is 2.58 bits per heavy atom. The van der Waals surface area contributed by atoms with Crippen LogP contribution < -0.4 is 10.2 Å². The second kappa shape index (κ2) is 6.71. The van der Waals surface area contributed by atoms with Gasteiger partial charge in [0.25, 0.3) is 5.91 Å². The van der Waals surface area contributed by atoms with Crippen LogP contribution in [0.2, 0.25) is 0 Å². The maximum absolute atomic E-state index is 13.1. The molecule has 5 heteroatoms. The number of hydrogen-bond donors (Lipinski definition) is 1. The van der Waals surface area contributed by atoms with E-state index in [4.69, 9.17) is 0 Å². The smallest absolute Gasteiger partial charge is 0.257 e. The van der Waals surface area contributed by atoms with Crippen molar-refractivity contribution in [1.82, 2.24) is 15.2 Å². The summed E-state index contributed by atoms with van der Waals surface area (Å²) in [5, 5.41) is 3.49. The van der Waals surface area contributed by atoms with Crippen molar-refractivity contribution in [2.24, 2.45) is 5.41 Å². The van der Waals surface area contributed by atoms with Crippen molar-refractivity contribution in [2.75, 3.05) is 44.2 Å². The van der Waals surface area contributed by atoms with Gasteiger partial charge in [-0.3, -0.25) is 4.79 Å². The van der Waals surface area contributed by atoms with Gasteiger partial charge in [0.05, 0.1) is 5.56 Å². The number of nitrogens with zero attached hydrogens (tertiary/aromatic N) is 3. The standard InChI is InChI=1S/C19H28N4O/c24-18(23-13-7-19(8-14-23)6-10-20-15-19)16-5-4-9-21-17(16)22-11-2-1-3-12-22/h4-5,9,20H,1-3,6-8,10-15H2. The molecule has 4 heterocycles. The van der Waals surface area contributed by atoms with Crippen LogP contribution in [0.1, 0.15) is 48.9 Å². The first kappa shape index (κ1) is 15.9. The maximum atomic E-state index is 13.1. The fourth-order valence-electron chi connectivity index (χ4n) is 4.50. The summed E-state index contributed by atoms with van der Waals surface area (Å²) < 4.78 is 0. The lowest BCUT2D eigenvalue weighted by atomic mass is 9.78. The Balaban J connectivity index is 1.48. The quantitative estimate of drug-likeness (QED) is 0.905. The molecule has 0 radical (unpaired) electrons. The number of pyridine rings is 1. The molecule has 0 bridgehead atoms. The Morgan fingerprint density at radius 2 is 1.88 bits per heavy atom. The first-order valence-corrected chi connectivity index (χ1v) is 9.47. The van der Waals surface area contributed by atoms with Gasteiger partial charge < -0.3 is 15.1 Å². The molecule has 1 spiro atoms. The highest BCUT2D eigenvalue weighted by atomic mass is 16.2. The number of amides is 1. The molecule has 1 aromatic heterocycles. The number of rotatable bonds is 2. The zero-order valence-electron chi connectivity index (χ0n) is 14.5. The number of piperidine rings is 2. The van der Waals surface area contributed by atoms with Crippen LogP contribution in [0.4, 0.5) is 5.82 Å². The molecule has 24 heavy (non-hydrogen) atoms. The molecule has 3 fully saturated rings. The van der Waals surface area contributed by atoms with Crippen LogP contribution in [-0.4, -0.2) is 55.1 Å². The molecule has 3 aliphatic heterocycles. The molecule has 1 amide bonds. The van der Waals surface area contributed by atoms with Crippen LogP contribution in [0.15, 0.2) is 18.3 Å². The molecule has 0 saturated carbocycles. The summed E-state index contributed by atoms with van der Waals surface area (Å²) in [7, 11) is 0. The minimum Gasteiger partial charge on any atom is -0.356 e. The highest BCUT2D eigenvalue weighted by Crippen LogP contribution is 2.37. The normalized spacial score (nSPS) is 23.7. The topological polar surface area (TPSA) is 48.5 Å². The summed E-state index contributed by atoms with van der Waals surface area (Å²) in [4.78, 5) is 22.0. The minimum absolute atomic E-state index is 0.171. The molecule has 130 valence electrons. The Hall–Kier alpha value is -1.62. The van der Waals surface area contributed by atoms with E-state index in [1.54, 1.807) is 0 Å². The predicted octanol–water partition coefficient (Wildman–Crippen LogP) is 2.29. The van der Waals surface area contributed by atoms with Gasteiger partial charge >= 0.3 is 0 Å². The molecule has 0 aliphatic carbocycles. The largest absolute Gasteiger partial charge is 0.356 e. The Kier molecular flexibility index (Phi) is 4.44. The van der Waals surface area contributed by atoms with Crippen molar-refractivity contribution < 1.29 is 4.79 Å². The summed E-state index contributed by atoms with van der Waals surface area (Å²) in [6.07, 6.45) is 9.02. The third-order valence-corrected chi connectivity index (χ3v) is 6.12. The maximum Gasteiger partial charge on any atom is 0.257 e. The monoisotopic (exact) mass is 328 g/mol. The summed E-state index contributed by atoms with van der Waals surface area (Å²) in [6.45, 7) is 6.07. The van der Waals surface area contributed by atoms with Crippen LogP contribution in [0.5, 0.6) is 0 Å². The first-order chi connectivity index (χ1) is 11.8. The molecule has 1 N–H and O–H groups in total. The van der Waals surface area contributed by atoms with Crippen LogP contribution >= 0.6 is 0 Å². The molecule has 3 aliphatic rings. The molecule has 5 nitrogen and oxygen atoms in total. The van der Waals surface area contributed by atoms with E-state index in [0.29, 0.717) is 5.41 Å². The van der Waals surface area contributed by atoms with Gasteiger partial charge in [0.2, 0.25) is 0 Å². The van der Waals surface area contributed by atoms with Crippen molar-refractivity contribution in [3.8, 4) is 0 Å². The van der Waals surface area contributed by atoms with E-state index in [1.165, 1.54) is 25.7 Å². The fourth-order valence-corrected chi connectivity index (χ4v) is 4.50. The average molecular weight is 328 g/mol. The molecule has 0 aromatic carbocycles. The van der Waals surface area contributed by atoms with Gasteiger partial charge in [0.15, 0.2) is 0 Å². The van der Waals surface area contributed by atoms with Crippen LogP contribution in [-0.2, 0) is 0 Å². The number of carbonyl (C=O) groups excluding carboxylic acids is 1. The Labute approximate surface area is 144 Å². The highest BCUT2D eigenvalue weighted by molar-refractivity contribution is 5.99. The van der Waals surface area contributed by atoms with Gasteiger partial charge in [0.1, 0.15) is 5.82 Å². The Morgan fingerprint density at radius 1 is 1.08 bits per heavy atom. The lowest BCUT2D eigenvalue weighted by molar-refractivity contribution is 0.0608. The minimum atomic E-state index is 0.171. The number of aromatic nitrogens is 1. The van der Waals surface area contributed by atoms with Gasteiger partial charge in [-0.15, -0.1) is 0 Å². The van der Waals surface area contributed by atoms with Gasteiger partial charge in [-0.2, -0.15) is 0 Å². The highest BCUT2D eigenvalue weighted by Gasteiger charge is 2.38. The van der Waals surface area contributed by atoms with Gasteiger partial charge in [-0.25, -0.2) is 4.98 Å². The third kappa shape index (κ3) is 3.02. The SMILES string of the molecule is O=C(c1cccnc1N1CCCCC1)N1CCC2(CCNC2)CC1. The van der Waals surface area contributed by atoms with Gasteiger partial charge in [-0.05, 0) is 62.6 Å². The number of anilines is 1. The fraction of sp³-hybridized carbons (Fsp3) is 0.684. The molecule has 0 atom stereocenters. The first-order valence-electron chi connectivity index (χ1n) is 9.47. The molecule has 3 saturated heterocycles.